The third kappa shape index (κ3) is 3.93. The van der Waals surface area contributed by atoms with Crippen LogP contribution in [0.25, 0.3) is 0 Å². The first-order valence-electron chi connectivity index (χ1n) is 6.56. The second-order valence-corrected chi connectivity index (χ2v) is 4.39. The van der Waals surface area contributed by atoms with E-state index in [0.29, 0.717) is 11.1 Å². The van der Waals surface area contributed by atoms with Crippen molar-refractivity contribution in [2.45, 2.75) is 6.61 Å². The minimum atomic E-state index is -0.382. The van der Waals surface area contributed by atoms with Crippen LogP contribution in [0.1, 0.15) is 27.0 Å². The van der Waals surface area contributed by atoms with E-state index < -0.39 is 0 Å². The summed E-state index contributed by atoms with van der Waals surface area (Å²) in [7, 11) is 1.34. The first-order chi connectivity index (χ1) is 10.7. The second-order valence-electron chi connectivity index (χ2n) is 4.39. The Labute approximate surface area is 128 Å². The zero-order valence-electron chi connectivity index (χ0n) is 12.0. The fraction of sp³-hybridized carbons (Fsp3) is 0.118. The molecule has 5 nitrogen and oxygen atoms in total. The zero-order valence-corrected chi connectivity index (χ0v) is 12.0. The Hall–Kier alpha value is -3.13. The van der Waals surface area contributed by atoms with Gasteiger partial charge >= 0.3 is 5.97 Å². The molecule has 0 aromatic heterocycles. The third-order valence-electron chi connectivity index (χ3n) is 2.97. The number of nitriles is 1. The molecule has 0 N–H and O–H groups in total. The van der Waals surface area contributed by atoms with Gasteiger partial charge in [-0.2, -0.15) is 5.26 Å². The molecular weight excluding hydrogens is 280 g/mol. The van der Waals surface area contributed by atoms with Crippen molar-refractivity contribution in [2.24, 2.45) is 5.16 Å². The van der Waals surface area contributed by atoms with E-state index in [4.69, 9.17) is 10.1 Å². The van der Waals surface area contributed by atoms with Crippen LogP contribution in [0.2, 0.25) is 0 Å². The van der Waals surface area contributed by atoms with Crippen molar-refractivity contribution < 1.29 is 14.4 Å². The Morgan fingerprint density at radius 2 is 1.95 bits per heavy atom. The predicted octanol–water partition coefficient (Wildman–Crippen LogP) is 2.90. The standard InChI is InChI=1S/C17H14N2O3/c1-21-17(20)14-8-6-13(7-9-14)11-19-22-12-16-5-3-2-4-15(16)10-18/h2-9,11H,12H2,1H3/b19-11-. The van der Waals surface area contributed by atoms with E-state index in [1.54, 1.807) is 36.4 Å². The number of rotatable bonds is 5. The van der Waals surface area contributed by atoms with Crippen LogP contribution < -0.4 is 0 Å². The number of hydrogen-bond acceptors (Lipinski definition) is 5. The van der Waals surface area contributed by atoms with E-state index in [-0.39, 0.29) is 12.6 Å². The monoisotopic (exact) mass is 294 g/mol. The van der Waals surface area contributed by atoms with Gasteiger partial charge in [-0.05, 0) is 23.8 Å². The molecule has 2 rings (SSSR count). The topological polar surface area (TPSA) is 71.7 Å². The van der Waals surface area contributed by atoms with Crippen molar-refractivity contribution in [1.82, 2.24) is 0 Å². The van der Waals surface area contributed by atoms with Crippen molar-refractivity contribution in [3.63, 3.8) is 0 Å². The van der Waals surface area contributed by atoms with E-state index in [1.165, 1.54) is 13.3 Å². The third-order valence-corrected chi connectivity index (χ3v) is 2.97. The van der Waals surface area contributed by atoms with Gasteiger partial charge in [0.1, 0.15) is 6.61 Å². The van der Waals surface area contributed by atoms with Crippen LogP contribution in [0.3, 0.4) is 0 Å². The molecule has 0 atom stereocenters. The summed E-state index contributed by atoms with van der Waals surface area (Å²) in [6, 6.07) is 16.1. The molecule has 0 saturated carbocycles. The van der Waals surface area contributed by atoms with Crippen molar-refractivity contribution >= 4 is 12.2 Å². The summed E-state index contributed by atoms with van der Waals surface area (Å²) in [5.74, 6) is -0.382. The highest BCUT2D eigenvalue weighted by atomic mass is 16.6. The highest BCUT2D eigenvalue weighted by molar-refractivity contribution is 5.90. The van der Waals surface area contributed by atoms with Crippen LogP contribution in [0.5, 0.6) is 0 Å². The van der Waals surface area contributed by atoms with Crippen molar-refractivity contribution in [2.75, 3.05) is 7.11 Å². The molecule has 0 unspecified atom stereocenters. The van der Waals surface area contributed by atoms with Gasteiger partial charge in [0.25, 0.3) is 0 Å². The Balaban J connectivity index is 1.93. The Bertz CT molecular complexity index is 715. The van der Waals surface area contributed by atoms with Crippen molar-refractivity contribution in [3.8, 4) is 6.07 Å². The molecule has 22 heavy (non-hydrogen) atoms. The van der Waals surface area contributed by atoms with Crippen molar-refractivity contribution in [1.29, 1.82) is 5.26 Å². The maximum atomic E-state index is 11.3. The lowest BCUT2D eigenvalue weighted by Crippen LogP contribution is -2.00. The lowest BCUT2D eigenvalue weighted by molar-refractivity contribution is 0.0600. The molecular formula is C17H14N2O3. The Morgan fingerprint density at radius 1 is 1.23 bits per heavy atom. The fourth-order valence-electron chi connectivity index (χ4n) is 1.78. The van der Waals surface area contributed by atoms with Crippen LogP contribution in [-0.4, -0.2) is 19.3 Å². The summed E-state index contributed by atoms with van der Waals surface area (Å²) in [4.78, 5) is 16.5. The van der Waals surface area contributed by atoms with Crippen LogP contribution in [-0.2, 0) is 16.2 Å². The van der Waals surface area contributed by atoms with Gasteiger partial charge in [0.15, 0.2) is 0 Å². The number of nitrogens with zero attached hydrogens (tertiary/aromatic N) is 2. The van der Waals surface area contributed by atoms with Gasteiger partial charge in [-0.3, -0.25) is 0 Å². The molecule has 0 heterocycles. The minimum absolute atomic E-state index is 0.223. The van der Waals surface area contributed by atoms with Crippen LogP contribution >= 0.6 is 0 Å². The van der Waals surface area contributed by atoms with Gasteiger partial charge in [0, 0.05) is 5.56 Å². The number of hydrogen-bond donors (Lipinski definition) is 0. The lowest BCUT2D eigenvalue weighted by atomic mass is 10.1. The summed E-state index contributed by atoms with van der Waals surface area (Å²) in [6.07, 6.45) is 1.54. The molecule has 0 aliphatic rings. The van der Waals surface area contributed by atoms with Gasteiger partial charge in [0.05, 0.1) is 30.5 Å². The second kappa shape index (κ2) is 7.60. The van der Waals surface area contributed by atoms with Crippen LogP contribution in [0, 0.1) is 11.3 Å². The van der Waals surface area contributed by atoms with Crippen LogP contribution in [0.15, 0.2) is 53.7 Å². The lowest BCUT2D eigenvalue weighted by Gasteiger charge is -2.02. The molecule has 0 spiro atoms. The molecule has 0 radical (unpaired) electrons. The Kier molecular flexibility index (Phi) is 5.27. The molecule has 110 valence electrons. The summed E-state index contributed by atoms with van der Waals surface area (Å²) in [5, 5.41) is 12.8. The number of carbonyl (C=O) groups excluding carboxylic acids is 1. The van der Waals surface area contributed by atoms with Crippen molar-refractivity contribution in [3.05, 3.63) is 70.8 Å². The quantitative estimate of drug-likeness (QED) is 0.483. The SMILES string of the molecule is COC(=O)c1ccc(/C=N\OCc2ccccc2C#N)cc1. The highest BCUT2D eigenvalue weighted by Gasteiger charge is 2.03. The number of methoxy groups -OCH3 is 1. The normalized spacial score (nSPS) is 10.2. The molecule has 2 aromatic carbocycles. The van der Waals surface area contributed by atoms with E-state index in [1.807, 2.05) is 12.1 Å². The average molecular weight is 294 g/mol. The first-order valence-corrected chi connectivity index (χ1v) is 6.56. The number of oxime groups is 1. The summed E-state index contributed by atoms with van der Waals surface area (Å²) < 4.78 is 4.62. The number of benzene rings is 2. The molecule has 5 heteroatoms. The summed E-state index contributed by atoms with van der Waals surface area (Å²) in [6.45, 7) is 0.223. The van der Waals surface area contributed by atoms with Gasteiger partial charge < -0.3 is 9.57 Å². The molecule has 0 amide bonds. The fourth-order valence-corrected chi connectivity index (χ4v) is 1.78. The van der Waals surface area contributed by atoms with E-state index in [0.717, 1.165) is 11.1 Å². The van der Waals surface area contributed by atoms with E-state index >= 15 is 0 Å². The first kappa shape index (κ1) is 15.3. The number of ether oxygens (including phenoxy) is 1. The van der Waals surface area contributed by atoms with E-state index in [9.17, 15) is 4.79 Å². The molecule has 0 bridgehead atoms. The summed E-state index contributed by atoms with van der Waals surface area (Å²) in [5.41, 5.74) is 2.62. The molecule has 0 fully saturated rings. The van der Waals surface area contributed by atoms with Gasteiger partial charge in [-0.1, -0.05) is 35.5 Å². The van der Waals surface area contributed by atoms with E-state index in [2.05, 4.69) is 16.0 Å². The highest BCUT2D eigenvalue weighted by Crippen LogP contribution is 2.09. The molecule has 2 aromatic rings. The smallest absolute Gasteiger partial charge is 0.337 e. The largest absolute Gasteiger partial charge is 0.465 e. The Morgan fingerprint density at radius 3 is 2.64 bits per heavy atom. The molecule has 0 aliphatic carbocycles. The predicted molar refractivity (Wildman–Crippen MR) is 81.3 cm³/mol. The van der Waals surface area contributed by atoms with Gasteiger partial charge in [-0.25, -0.2) is 4.79 Å². The summed E-state index contributed by atoms with van der Waals surface area (Å²) >= 11 is 0. The van der Waals surface area contributed by atoms with Gasteiger partial charge in [0.2, 0.25) is 0 Å². The van der Waals surface area contributed by atoms with Crippen LogP contribution in [0.4, 0.5) is 0 Å². The number of esters is 1. The maximum absolute atomic E-state index is 11.3. The average Bonchev–Trinajstić information content (AvgIpc) is 2.59. The minimum Gasteiger partial charge on any atom is -0.465 e. The molecule has 0 aliphatic heterocycles. The number of carbonyl (C=O) groups is 1. The maximum Gasteiger partial charge on any atom is 0.337 e. The molecule has 0 saturated heterocycles. The zero-order chi connectivity index (χ0) is 15.8. The van der Waals surface area contributed by atoms with Gasteiger partial charge in [-0.15, -0.1) is 0 Å².